The van der Waals surface area contributed by atoms with Gasteiger partial charge in [0.15, 0.2) is 0 Å². The molecule has 0 radical (unpaired) electrons. The van der Waals surface area contributed by atoms with Gasteiger partial charge in [-0.15, -0.1) is 0 Å². The van der Waals surface area contributed by atoms with Gasteiger partial charge in [0.05, 0.1) is 0 Å². The van der Waals surface area contributed by atoms with Crippen LogP contribution >= 0.6 is 0 Å². The highest BCUT2D eigenvalue weighted by molar-refractivity contribution is 5.44. The van der Waals surface area contributed by atoms with Crippen LogP contribution in [0.25, 0.3) is 0 Å². The maximum atomic E-state index is 11.9. The van der Waals surface area contributed by atoms with Crippen LogP contribution in [0, 0.1) is 18.3 Å². The number of aromatic nitrogens is 1. The van der Waals surface area contributed by atoms with Crippen LogP contribution in [0.1, 0.15) is 30.4 Å². The van der Waals surface area contributed by atoms with E-state index in [1.54, 1.807) is 11.9 Å². The van der Waals surface area contributed by atoms with Crippen LogP contribution in [0.4, 0.5) is 0 Å². The minimum Gasteiger partial charge on any atom is -0.492 e. The molecule has 1 aromatic heterocycles. The van der Waals surface area contributed by atoms with Crippen molar-refractivity contribution >= 4 is 0 Å². The molecule has 0 amide bonds. The first-order chi connectivity index (χ1) is 8.15. The van der Waals surface area contributed by atoms with E-state index in [0.717, 1.165) is 32.4 Å². The molecule has 5 nitrogen and oxygen atoms in total. The predicted octanol–water partition coefficient (Wildman–Crippen LogP) is 0.856. The van der Waals surface area contributed by atoms with Gasteiger partial charge < -0.3 is 10.1 Å². The second-order valence-electron chi connectivity index (χ2n) is 4.30. The van der Waals surface area contributed by atoms with Crippen molar-refractivity contribution in [2.24, 2.45) is 0 Å². The number of nitriles is 1. The Morgan fingerprint density at radius 3 is 2.59 bits per heavy atom. The van der Waals surface area contributed by atoms with Crippen molar-refractivity contribution in [3.8, 4) is 11.9 Å². The van der Waals surface area contributed by atoms with E-state index < -0.39 is 0 Å². The summed E-state index contributed by atoms with van der Waals surface area (Å²) < 4.78 is 1.23. The average molecular weight is 233 g/mol. The summed E-state index contributed by atoms with van der Waals surface area (Å²) in [5.74, 6) is -0.237. The van der Waals surface area contributed by atoms with E-state index in [4.69, 9.17) is 5.26 Å². The summed E-state index contributed by atoms with van der Waals surface area (Å²) in [5, 5.41) is 20.8. The lowest BCUT2D eigenvalue weighted by molar-refractivity contribution is 0.373. The number of piperidine rings is 1. The van der Waals surface area contributed by atoms with Crippen LogP contribution in [0.2, 0.25) is 0 Å². The van der Waals surface area contributed by atoms with Crippen LogP contribution in [0.3, 0.4) is 0 Å². The Balaban J connectivity index is 2.53. The normalized spacial score (nSPS) is 15.6. The van der Waals surface area contributed by atoms with Crippen LogP contribution in [0.15, 0.2) is 10.9 Å². The zero-order valence-corrected chi connectivity index (χ0v) is 9.81. The van der Waals surface area contributed by atoms with Gasteiger partial charge in [0.2, 0.25) is 5.88 Å². The van der Waals surface area contributed by atoms with Crippen molar-refractivity contribution in [2.75, 3.05) is 18.1 Å². The van der Waals surface area contributed by atoms with Crippen molar-refractivity contribution in [3.63, 3.8) is 0 Å². The van der Waals surface area contributed by atoms with Gasteiger partial charge in [0.25, 0.3) is 5.56 Å². The van der Waals surface area contributed by atoms with Gasteiger partial charge >= 0.3 is 0 Å². The van der Waals surface area contributed by atoms with E-state index in [0.29, 0.717) is 5.56 Å². The summed E-state index contributed by atoms with van der Waals surface area (Å²) in [6, 6.07) is 3.33. The smallest absolute Gasteiger partial charge is 0.272 e. The van der Waals surface area contributed by atoms with Crippen molar-refractivity contribution in [1.82, 2.24) is 4.68 Å². The molecule has 0 aliphatic carbocycles. The Bertz CT molecular complexity index is 522. The second-order valence-corrected chi connectivity index (χ2v) is 4.30. The number of hydrogen-bond donors (Lipinski definition) is 1. The molecule has 1 aliphatic rings. The van der Waals surface area contributed by atoms with Crippen molar-refractivity contribution in [2.45, 2.75) is 26.2 Å². The summed E-state index contributed by atoms with van der Waals surface area (Å²) in [5.41, 5.74) is 0.416. The van der Waals surface area contributed by atoms with E-state index in [9.17, 15) is 9.90 Å². The molecule has 1 N–H and O–H groups in total. The second kappa shape index (κ2) is 4.50. The van der Waals surface area contributed by atoms with E-state index in [2.05, 4.69) is 0 Å². The van der Waals surface area contributed by atoms with Gasteiger partial charge in [-0.2, -0.15) is 9.94 Å². The topological polar surface area (TPSA) is 69.3 Å². The Labute approximate surface area is 99.5 Å². The molecule has 0 saturated carbocycles. The summed E-state index contributed by atoms with van der Waals surface area (Å²) in [6.45, 7) is 3.13. The molecule has 90 valence electrons. The highest BCUT2D eigenvalue weighted by Crippen LogP contribution is 2.19. The fraction of sp³-hybridized carbons (Fsp3) is 0.500. The molecule has 17 heavy (non-hydrogen) atoms. The minimum absolute atomic E-state index is 0.176. The number of nitrogens with zero attached hydrogens (tertiary/aromatic N) is 3. The third-order valence-corrected chi connectivity index (χ3v) is 3.09. The number of hydrogen-bond acceptors (Lipinski definition) is 4. The maximum Gasteiger partial charge on any atom is 0.272 e. The van der Waals surface area contributed by atoms with Gasteiger partial charge in [0.1, 0.15) is 11.6 Å². The fourth-order valence-corrected chi connectivity index (χ4v) is 2.19. The SMILES string of the molecule is Cc1cc(=O)n(N2CCCCC2)c(O)c1C#N. The van der Waals surface area contributed by atoms with E-state index >= 15 is 0 Å². The molecule has 0 aromatic carbocycles. The zero-order chi connectivity index (χ0) is 12.4. The maximum absolute atomic E-state index is 11.9. The third kappa shape index (κ3) is 1.98. The molecule has 2 heterocycles. The number of aryl methyl sites for hydroxylation is 1. The van der Waals surface area contributed by atoms with E-state index in [1.807, 2.05) is 6.07 Å². The lowest BCUT2D eigenvalue weighted by Crippen LogP contribution is -2.45. The van der Waals surface area contributed by atoms with Gasteiger partial charge in [-0.25, -0.2) is 0 Å². The Hall–Kier alpha value is -1.96. The van der Waals surface area contributed by atoms with Gasteiger partial charge in [-0.3, -0.25) is 4.79 Å². The molecular formula is C12H15N3O2. The first kappa shape index (κ1) is 11.5. The van der Waals surface area contributed by atoms with Gasteiger partial charge in [-0.1, -0.05) is 0 Å². The molecule has 1 saturated heterocycles. The van der Waals surface area contributed by atoms with Crippen LogP contribution in [-0.4, -0.2) is 22.9 Å². The first-order valence-electron chi connectivity index (χ1n) is 5.76. The molecule has 0 atom stereocenters. The van der Waals surface area contributed by atoms with Crippen molar-refractivity contribution in [1.29, 1.82) is 5.26 Å². The Morgan fingerprint density at radius 2 is 2.00 bits per heavy atom. The van der Waals surface area contributed by atoms with Crippen molar-refractivity contribution < 1.29 is 5.11 Å². The number of pyridine rings is 1. The lowest BCUT2D eigenvalue weighted by atomic mass is 10.1. The highest BCUT2D eigenvalue weighted by atomic mass is 16.3. The summed E-state index contributed by atoms with van der Waals surface area (Å²) in [4.78, 5) is 11.9. The fourth-order valence-electron chi connectivity index (χ4n) is 2.19. The molecule has 0 unspecified atom stereocenters. The van der Waals surface area contributed by atoms with E-state index in [1.165, 1.54) is 10.7 Å². The van der Waals surface area contributed by atoms with Crippen molar-refractivity contribution in [3.05, 3.63) is 27.5 Å². The summed E-state index contributed by atoms with van der Waals surface area (Å²) in [6.07, 6.45) is 3.15. The minimum atomic E-state index is -0.277. The third-order valence-electron chi connectivity index (χ3n) is 3.09. The predicted molar refractivity (Wildman–Crippen MR) is 63.6 cm³/mol. The molecular weight excluding hydrogens is 218 g/mol. The first-order valence-corrected chi connectivity index (χ1v) is 5.76. The van der Waals surface area contributed by atoms with E-state index in [-0.39, 0.29) is 17.0 Å². The molecule has 1 aromatic rings. The van der Waals surface area contributed by atoms with Crippen LogP contribution in [0.5, 0.6) is 5.88 Å². The monoisotopic (exact) mass is 233 g/mol. The Kier molecular flexibility index (Phi) is 3.05. The quantitative estimate of drug-likeness (QED) is 0.781. The van der Waals surface area contributed by atoms with Gasteiger partial charge in [-0.05, 0) is 31.7 Å². The van der Waals surface area contributed by atoms with Gasteiger partial charge in [0, 0.05) is 19.2 Å². The molecule has 5 heteroatoms. The lowest BCUT2D eigenvalue weighted by Gasteiger charge is -2.30. The average Bonchev–Trinajstić information content (AvgIpc) is 2.30. The number of aromatic hydroxyl groups is 1. The summed E-state index contributed by atoms with van der Waals surface area (Å²) in [7, 11) is 0. The Morgan fingerprint density at radius 1 is 1.35 bits per heavy atom. The molecule has 2 rings (SSSR count). The molecule has 0 spiro atoms. The molecule has 1 fully saturated rings. The summed E-state index contributed by atoms with van der Waals surface area (Å²) >= 11 is 0. The largest absolute Gasteiger partial charge is 0.492 e. The zero-order valence-electron chi connectivity index (χ0n) is 9.81. The highest BCUT2D eigenvalue weighted by Gasteiger charge is 2.18. The van der Waals surface area contributed by atoms with Crippen LogP contribution < -0.4 is 10.6 Å². The standard InChI is InChI=1S/C12H15N3O2/c1-9-7-11(16)15(12(17)10(9)8-13)14-5-3-2-4-6-14/h7,17H,2-6H2,1H3. The van der Waals surface area contributed by atoms with Crippen LogP contribution in [-0.2, 0) is 0 Å². The molecule has 1 aliphatic heterocycles. The number of rotatable bonds is 1. The molecule has 0 bridgehead atoms.